The zero-order valence-corrected chi connectivity index (χ0v) is 13.8. The molecular weight excluding hydrogens is 280 g/mol. The molecule has 4 nitrogen and oxygen atoms in total. The van der Waals surface area contributed by atoms with Crippen molar-refractivity contribution in [3.63, 3.8) is 0 Å². The Morgan fingerprint density at radius 3 is 2.36 bits per heavy atom. The van der Waals surface area contributed by atoms with Gasteiger partial charge >= 0.3 is 0 Å². The van der Waals surface area contributed by atoms with E-state index in [0.717, 1.165) is 5.56 Å². The first-order valence-electron chi connectivity index (χ1n) is 7.59. The van der Waals surface area contributed by atoms with E-state index in [1.54, 1.807) is 19.2 Å². The fourth-order valence-electron chi connectivity index (χ4n) is 2.54. The average molecular weight is 304 g/mol. The van der Waals surface area contributed by atoms with Crippen LogP contribution in [0.15, 0.2) is 18.2 Å². The Balaban J connectivity index is 2.95. The molecule has 22 heavy (non-hydrogen) atoms. The van der Waals surface area contributed by atoms with Crippen LogP contribution in [-0.4, -0.2) is 24.5 Å². The van der Waals surface area contributed by atoms with Gasteiger partial charge in [-0.1, -0.05) is 19.1 Å². The molecule has 0 heterocycles. The van der Waals surface area contributed by atoms with Gasteiger partial charge < -0.3 is 9.53 Å². The molecule has 4 heteroatoms. The number of methoxy groups -OCH3 is 1. The molecule has 1 atom stereocenters. The van der Waals surface area contributed by atoms with Crippen molar-refractivity contribution in [1.82, 2.24) is 0 Å². The maximum Gasteiger partial charge on any atom is 0.164 e. The van der Waals surface area contributed by atoms with Crippen LogP contribution in [0.1, 0.15) is 56.0 Å². The van der Waals surface area contributed by atoms with Crippen LogP contribution < -0.4 is 4.74 Å². The van der Waals surface area contributed by atoms with Crippen molar-refractivity contribution in [3.05, 3.63) is 29.3 Å². The van der Waals surface area contributed by atoms with Gasteiger partial charge in [0.25, 0.3) is 0 Å². The quantitative estimate of drug-likeness (QED) is 0.656. The van der Waals surface area contributed by atoms with Gasteiger partial charge in [0.05, 0.1) is 7.11 Å². The highest BCUT2D eigenvalue weighted by molar-refractivity contribution is 6.00. The highest BCUT2D eigenvalue weighted by atomic mass is 16.5. The van der Waals surface area contributed by atoms with Gasteiger partial charge in [0.15, 0.2) is 5.78 Å². The maximum atomic E-state index is 12.6. The topological polar surface area (TPSA) is 60.4 Å². The summed E-state index contributed by atoms with van der Waals surface area (Å²) in [6.45, 7) is 4.94. The number of benzene rings is 1. The molecule has 0 amide bonds. The Hall–Kier alpha value is -1.97. The monoisotopic (exact) mass is 304 g/mol. The standard InChI is InChI=1S/C18H24O4/c1-5-15-16(7-6-8-18(15)22-4)17(21)11-14(13(3)20)10-9-12(2)19/h6-8,14H,5,9-11H2,1-4H3. The lowest BCUT2D eigenvalue weighted by molar-refractivity contribution is -0.121. The van der Waals surface area contributed by atoms with Crippen LogP contribution in [0.4, 0.5) is 0 Å². The third-order valence-electron chi connectivity index (χ3n) is 3.86. The number of hydrogen-bond acceptors (Lipinski definition) is 4. The molecule has 0 aromatic heterocycles. The van der Waals surface area contributed by atoms with Crippen LogP contribution in [0.2, 0.25) is 0 Å². The zero-order chi connectivity index (χ0) is 16.7. The van der Waals surface area contributed by atoms with E-state index in [2.05, 4.69) is 0 Å². The lowest BCUT2D eigenvalue weighted by atomic mass is 9.88. The van der Waals surface area contributed by atoms with Gasteiger partial charge in [0.1, 0.15) is 17.3 Å². The van der Waals surface area contributed by atoms with Gasteiger partial charge in [-0.2, -0.15) is 0 Å². The van der Waals surface area contributed by atoms with Crippen molar-refractivity contribution in [2.45, 2.75) is 46.5 Å². The predicted molar refractivity (Wildman–Crippen MR) is 85.4 cm³/mol. The molecule has 120 valence electrons. The minimum atomic E-state index is -0.396. The number of hydrogen-bond donors (Lipinski definition) is 0. The van der Waals surface area contributed by atoms with E-state index in [1.165, 1.54) is 13.8 Å². The summed E-state index contributed by atoms with van der Waals surface area (Å²) in [6, 6.07) is 5.38. The van der Waals surface area contributed by atoms with Crippen LogP contribution in [0.25, 0.3) is 0 Å². The Kier molecular flexibility index (Phi) is 6.96. The van der Waals surface area contributed by atoms with Gasteiger partial charge in [-0.25, -0.2) is 0 Å². The first-order valence-corrected chi connectivity index (χ1v) is 7.59. The van der Waals surface area contributed by atoms with Crippen molar-refractivity contribution >= 4 is 17.3 Å². The second-order valence-electron chi connectivity index (χ2n) is 5.52. The molecule has 0 saturated heterocycles. The summed E-state index contributed by atoms with van der Waals surface area (Å²) in [5, 5.41) is 0. The van der Waals surface area contributed by atoms with E-state index < -0.39 is 5.92 Å². The lowest BCUT2D eigenvalue weighted by Crippen LogP contribution is -2.18. The molecule has 1 unspecified atom stereocenters. The summed E-state index contributed by atoms with van der Waals surface area (Å²) in [4.78, 5) is 35.4. The summed E-state index contributed by atoms with van der Waals surface area (Å²) in [6.07, 6.45) is 1.59. The summed E-state index contributed by atoms with van der Waals surface area (Å²) >= 11 is 0. The Labute approximate surface area is 131 Å². The number of Topliss-reactive ketones (excluding diaryl/α,β-unsaturated/α-hetero) is 3. The normalized spacial score (nSPS) is 11.8. The fraction of sp³-hybridized carbons (Fsp3) is 0.500. The molecule has 1 rings (SSSR count). The molecule has 1 aromatic rings. The van der Waals surface area contributed by atoms with Gasteiger partial charge in [-0.05, 0) is 32.8 Å². The minimum absolute atomic E-state index is 0.0364. The van der Waals surface area contributed by atoms with Gasteiger partial charge in [-0.3, -0.25) is 9.59 Å². The van der Waals surface area contributed by atoms with Crippen molar-refractivity contribution in [2.75, 3.05) is 7.11 Å². The molecule has 0 bridgehead atoms. The van der Waals surface area contributed by atoms with E-state index in [-0.39, 0.29) is 23.8 Å². The summed E-state index contributed by atoms with van der Waals surface area (Å²) in [5.41, 5.74) is 1.47. The van der Waals surface area contributed by atoms with E-state index in [0.29, 0.717) is 30.6 Å². The summed E-state index contributed by atoms with van der Waals surface area (Å²) in [5.74, 6) is 0.216. The maximum absolute atomic E-state index is 12.6. The largest absolute Gasteiger partial charge is 0.496 e. The third kappa shape index (κ3) is 4.79. The zero-order valence-electron chi connectivity index (χ0n) is 13.8. The molecular formula is C18H24O4. The predicted octanol–water partition coefficient (Wildman–Crippen LogP) is 3.40. The molecule has 0 radical (unpaired) electrons. The van der Waals surface area contributed by atoms with Gasteiger partial charge in [0, 0.05) is 29.9 Å². The van der Waals surface area contributed by atoms with Gasteiger partial charge in [-0.15, -0.1) is 0 Å². The average Bonchev–Trinajstić information content (AvgIpc) is 2.49. The van der Waals surface area contributed by atoms with E-state index >= 15 is 0 Å². The molecule has 0 spiro atoms. The number of ketones is 3. The fourth-order valence-corrected chi connectivity index (χ4v) is 2.54. The van der Waals surface area contributed by atoms with E-state index in [9.17, 15) is 14.4 Å². The van der Waals surface area contributed by atoms with Gasteiger partial charge in [0.2, 0.25) is 0 Å². The molecule has 0 saturated carbocycles. The summed E-state index contributed by atoms with van der Waals surface area (Å²) < 4.78 is 5.29. The second-order valence-corrected chi connectivity index (χ2v) is 5.52. The highest BCUT2D eigenvalue weighted by Gasteiger charge is 2.22. The Bertz CT molecular complexity index is 560. The SMILES string of the molecule is CCc1c(OC)cccc1C(=O)CC(CCC(C)=O)C(C)=O. The number of rotatable bonds is 9. The van der Waals surface area contributed by atoms with Crippen molar-refractivity contribution in [3.8, 4) is 5.75 Å². The van der Waals surface area contributed by atoms with Crippen molar-refractivity contribution in [2.24, 2.45) is 5.92 Å². The molecule has 1 aromatic carbocycles. The lowest BCUT2D eigenvalue weighted by Gasteiger charge is -2.15. The molecule has 0 N–H and O–H groups in total. The Morgan fingerprint density at radius 1 is 1.18 bits per heavy atom. The van der Waals surface area contributed by atoms with Crippen LogP contribution in [0.5, 0.6) is 5.75 Å². The first kappa shape index (κ1) is 18.1. The van der Waals surface area contributed by atoms with Crippen LogP contribution in [0, 0.1) is 5.92 Å². The third-order valence-corrected chi connectivity index (χ3v) is 3.86. The van der Waals surface area contributed by atoms with E-state index in [4.69, 9.17) is 4.74 Å². The molecule has 0 fully saturated rings. The summed E-state index contributed by atoms with van der Waals surface area (Å²) in [7, 11) is 1.58. The molecule has 0 aliphatic carbocycles. The minimum Gasteiger partial charge on any atom is -0.496 e. The number of ether oxygens (including phenoxy) is 1. The Morgan fingerprint density at radius 2 is 1.86 bits per heavy atom. The van der Waals surface area contributed by atoms with Crippen LogP contribution in [-0.2, 0) is 16.0 Å². The van der Waals surface area contributed by atoms with E-state index in [1.807, 2.05) is 13.0 Å². The molecule has 0 aliphatic rings. The van der Waals surface area contributed by atoms with Crippen LogP contribution >= 0.6 is 0 Å². The number of carbonyl (C=O) groups excluding carboxylic acids is 3. The number of carbonyl (C=O) groups is 3. The smallest absolute Gasteiger partial charge is 0.164 e. The first-order chi connectivity index (χ1) is 10.4. The van der Waals surface area contributed by atoms with Crippen molar-refractivity contribution < 1.29 is 19.1 Å². The van der Waals surface area contributed by atoms with Crippen molar-refractivity contribution in [1.29, 1.82) is 0 Å². The highest BCUT2D eigenvalue weighted by Crippen LogP contribution is 2.26. The second kappa shape index (κ2) is 8.47. The van der Waals surface area contributed by atoms with Crippen LogP contribution in [0.3, 0.4) is 0 Å². The molecule has 0 aliphatic heterocycles.